The molecule has 1 amide bonds. The number of aliphatic hydroxyl groups is 2. The molecule has 2 aliphatic rings. The van der Waals surface area contributed by atoms with Crippen molar-refractivity contribution in [1.82, 2.24) is 4.90 Å². The van der Waals surface area contributed by atoms with E-state index >= 15 is 0 Å². The molecule has 1 aliphatic carbocycles. The molecule has 14 heavy (non-hydrogen) atoms. The number of carbonyl (C=O) groups excluding carboxylic acids is 1. The minimum absolute atomic E-state index is 0.287. The van der Waals surface area contributed by atoms with Gasteiger partial charge in [0.15, 0.2) is 6.10 Å². The second-order valence-corrected chi connectivity index (χ2v) is 4.00. The van der Waals surface area contributed by atoms with Gasteiger partial charge >= 0.3 is 6.09 Å². The molecule has 2 fully saturated rings. The molecule has 6 heteroatoms. The Morgan fingerprint density at radius 2 is 2.21 bits per heavy atom. The molecule has 80 valence electrons. The number of fused-ring (bicyclic) bond motifs is 1. The van der Waals surface area contributed by atoms with E-state index < -0.39 is 30.4 Å². The van der Waals surface area contributed by atoms with E-state index in [-0.39, 0.29) is 6.04 Å². The number of likely N-dealkylation sites (N-methyl/N-ethyl adjacent to an activating group) is 1. The molecule has 1 saturated carbocycles. The lowest BCUT2D eigenvalue weighted by atomic mass is 9.84. The number of hydrogen-bond donors (Lipinski definition) is 3. The lowest BCUT2D eigenvalue weighted by Gasteiger charge is -2.35. The van der Waals surface area contributed by atoms with Gasteiger partial charge in [-0.05, 0) is 0 Å². The van der Waals surface area contributed by atoms with Crippen molar-refractivity contribution in [2.24, 2.45) is 0 Å². The predicted molar refractivity (Wildman–Crippen MR) is 45.1 cm³/mol. The van der Waals surface area contributed by atoms with Gasteiger partial charge < -0.3 is 25.6 Å². The molecule has 0 radical (unpaired) electrons. The van der Waals surface area contributed by atoms with Crippen LogP contribution in [0.3, 0.4) is 0 Å². The maximum absolute atomic E-state index is 11.2. The van der Waals surface area contributed by atoms with Gasteiger partial charge in [-0.25, -0.2) is 4.79 Å². The highest BCUT2D eigenvalue weighted by molar-refractivity contribution is 5.70. The van der Waals surface area contributed by atoms with Gasteiger partial charge in [0.2, 0.25) is 0 Å². The molecule has 0 aromatic carbocycles. The first-order valence-corrected chi connectivity index (χ1v) is 4.65. The van der Waals surface area contributed by atoms with E-state index in [9.17, 15) is 15.0 Å². The molecule has 0 unspecified atom stereocenters. The Morgan fingerprint density at radius 1 is 1.57 bits per heavy atom. The molecular formula is C8H15N2O4+. The van der Waals surface area contributed by atoms with Crippen molar-refractivity contribution in [3.63, 3.8) is 0 Å². The summed E-state index contributed by atoms with van der Waals surface area (Å²) in [4.78, 5) is 12.5. The highest BCUT2D eigenvalue weighted by atomic mass is 16.6. The Morgan fingerprint density at radius 3 is 2.86 bits per heavy atom. The first-order chi connectivity index (χ1) is 6.52. The molecule has 6 nitrogen and oxygen atoms in total. The zero-order chi connectivity index (χ0) is 10.5. The van der Waals surface area contributed by atoms with Crippen molar-refractivity contribution in [1.29, 1.82) is 0 Å². The minimum Gasteiger partial charge on any atom is -0.441 e. The van der Waals surface area contributed by atoms with E-state index in [2.05, 4.69) is 5.73 Å². The second-order valence-electron chi connectivity index (χ2n) is 4.00. The highest BCUT2D eigenvalue weighted by Gasteiger charge is 2.53. The summed E-state index contributed by atoms with van der Waals surface area (Å²) in [5.74, 6) is 0. The Hall–Kier alpha value is -0.850. The van der Waals surface area contributed by atoms with Crippen molar-refractivity contribution >= 4 is 6.09 Å². The van der Waals surface area contributed by atoms with Gasteiger partial charge in [0.05, 0.1) is 6.10 Å². The number of amides is 1. The molecular weight excluding hydrogens is 188 g/mol. The topological polar surface area (TPSA) is 97.6 Å². The Bertz CT molecular complexity index is 260. The molecule has 0 spiro atoms. The number of quaternary nitrogens is 1. The average Bonchev–Trinajstić information content (AvgIpc) is 2.40. The third-order valence-corrected chi connectivity index (χ3v) is 3.07. The normalized spacial score (nSPS) is 47.6. The van der Waals surface area contributed by atoms with Crippen molar-refractivity contribution in [3.05, 3.63) is 0 Å². The molecule has 0 aromatic rings. The molecule has 5 N–H and O–H groups in total. The number of rotatable bonds is 0. The van der Waals surface area contributed by atoms with Crippen LogP contribution in [0.4, 0.5) is 4.79 Å². The fraction of sp³-hybridized carbons (Fsp3) is 0.875. The van der Waals surface area contributed by atoms with Crippen molar-refractivity contribution < 1.29 is 25.5 Å². The summed E-state index contributed by atoms with van der Waals surface area (Å²) >= 11 is 0. The van der Waals surface area contributed by atoms with Crippen LogP contribution in [-0.4, -0.2) is 58.6 Å². The monoisotopic (exact) mass is 203 g/mol. The van der Waals surface area contributed by atoms with Crippen LogP contribution in [-0.2, 0) is 4.74 Å². The van der Waals surface area contributed by atoms with Crippen molar-refractivity contribution in [2.45, 2.75) is 36.8 Å². The Balaban J connectivity index is 2.24. The van der Waals surface area contributed by atoms with Crippen molar-refractivity contribution in [2.75, 3.05) is 7.05 Å². The van der Waals surface area contributed by atoms with Gasteiger partial charge in [0.1, 0.15) is 18.2 Å². The van der Waals surface area contributed by atoms with Crippen LogP contribution in [0.1, 0.15) is 6.42 Å². The molecule has 1 aliphatic heterocycles. The summed E-state index contributed by atoms with van der Waals surface area (Å²) in [5, 5.41) is 19.5. The second kappa shape index (κ2) is 3.08. The van der Waals surface area contributed by atoms with Crippen LogP contribution < -0.4 is 5.73 Å². The van der Waals surface area contributed by atoms with Gasteiger partial charge in [0, 0.05) is 13.5 Å². The van der Waals surface area contributed by atoms with Crippen LogP contribution in [0.15, 0.2) is 0 Å². The minimum atomic E-state index is -0.780. The van der Waals surface area contributed by atoms with Crippen LogP contribution in [0.25, 0.3) is 0 Å². The highest BCUT2D eigenvalue weighted by Crippen LogP contribution is 2.30. The quantitative estimate of drug-likeness (QED) is 0.407. The van der Waals surface area contributed by atoms with Gasteiger partial charge in [0.25, 0.3) is 0 Å². The zero-order valence-electron chi connectivity index (χ0n) is 7.96. The molecule has 0 aromatic heterocycles. The maximum Gasteiger partial charge on any atom is 0.410 e. The summed E-state index contributed by atoms with van der Waals surface area (Å²) in [6.07, 6.45) is -2.19. The lowest BCUT2D eigenvalue weighted by molar-refractivity contribution is -0.451. The number of nitrogens with zero attached hydrogens (tertiary/aromatic N) is 1. The van der Waals surface area contributed by atoms with Gasteiger partial charge in [-0.3, -0.25) is 0 Å². The molecule has 1 saturated heterocycles. The first kappa shape index (κ1) is 9.70. The molecule has 0 bridgehead atoms. The summed E-state index contributed by atoms with van der Waals surface area (Å²) in [7, 11) is 1.56. The number of carbonyl (C=O) groups is 1. The maximum atomic E-state index is 11.2. The number of hydrogen-bond acceptors (Lipinski definition) is 4. The van der Waals surface area contributed by atoms with E-state index in [1.165, 1.54) is 4.90 Å². The summed E-state index contributed by atoms with van der Waals surface area (Å²) < 4.78 is 4.97. The third kappa shape index (κ3) is 1.18. The number of aliphatic hydroxyl groups excluding tert-OH is 2. The van der Waals surface area contributed by atoms with E-state index in [0.717, 1.165) is 0 Å². The molecule has 5 atom stereocenters. The van der Waals surface area contributed by atoms with E-state index in [1.807, 2.05) is 0 Å². The third-order valence-electron chi connectivity index (χ3n) is 3.07. The Kier molecular flexibility index (Phi) is 2.13. The van der Waals surface area contributed by atoms with Crippen LogP contribution in [0, 0.1) is 0 Å². The SMILES string of the molecule is CN1C(=O)O[C@H]2[C@H](O)[C@@H]([NH3+])C[C@H](O)[C@H]21. The Labute approximate surface area is 81.2 Å². The zero-order valence-corrected chi connectivity index (χ0v) is 7.96. The average molecular weight is 203 g/mol. The summed E-state index contributed by atoms with van der Waals surface area (Å²) in [6.45, 7) is 0. The first-order valence-electron chi connectivity index (χ1n) is 4.65. The fourth-order valence-corrected chi connectivity index (χ4v) is 2.22. The predicted octanol–water partition coefficient (Wildman–Crippen LogP) is -2.46. The van der Waals surface area contributed by atoms with Crippen LogP contribution >= 0.6 is 0 Å². The van der Waals surface area contributed by atoms with Gasteiger partial charge in [-0.2, -0.15) is 0 Å². The van der Waals surface area contributed by atoms with E-state index in [4.69, 9.17) is 4.74 Å². The summed E-state index contributed by atoms with van der Waals surface area (Å²) in [5.41, 5.74) is 3.72. The standard InChI is InChI=1S/C8H14N2O4/c1-10-5-4(11)2-3(9)6(12)7(5)14-8(10)13/h3-7,11-12H,2,9H2,1H3/p+1/t3-,4-,5+,6+,7+/m0/s1. The van der Waals surface area contributed by atoms with Crippen molar-refractivity contribution in [3.8, 4) is 0 Å². The van der Waals surface area contributed by atoms with E-state index in [0.29, 0.717) is 6.42 Å². The number of ether oxygens (including phenoxy) is 1. The largest absolute Gasteiger partial charge is 0.441 e. The fourth-order valence-electron chi connectivity index (χ4n) is 2.22. The van der Waals surface area contributed by atoms with E-state index in [1.54, 1.807) is 7.05 Å². The molecule has 2 rings (SSSR count). The summed E-state index contributed by atoms with van der Waals surface area (Å²) in [6, 6.07) is -0.721. The molecule has 1 heterocycles. The van der Waals surface area contributed by atoms with Crippen LogP contribution in [0.5, 0.6) is 0 Å². The lowest BCUT2D eigenvalue weighted by Crippen LogP contribution is -2.74. The van der Waals surface area contributed by atoms with Crippen LogP contribution in [0.2, 0.25) is 0 Å². The smallest absolute Gasteiger partial charge is 0.410 e. The van der Waals surface area contributed by atoms with Gasteiger partial charge in [-0.15, -0.1) is 0 Å². The van der Waals surface area contributed by atoms with Gasteiger partial charge in [-0.1, -0.05) is 0 Å².